The highest BCUT2D eigenvalue weighted by Gasteiger charge is 2.18. The van der Waals surface area contributed by atoms with Crippen LogP contribution in [0.25, 0.3) is 11.0 Å². The van der Waals surface area contributed by atoms with Crippen LogP contribution in [0.3, 0.4) is 0 Å². The van der Waals surface area contributed by atoms with E-state index in [0.29, 0.717) is 32.8 Å². The van der Waals surface area contributed by atoms with Crippen LogP contribution < -0.4 is 0 Å². The Morgan fingerprint density at radius 1 is 1.50 bits per heavy atom. The molecular weight excluding hydrogens is 398 g/mol. The summed E-state index contributed by atoms with van der Waals surface area (Å²) in [6, 6.07) is 3.15. The summed E-state index contributed by atoms with van der Waals surface area (Å²) in [7, 11) is 0. The molecule has 0 spiro atoms. The third-order valence-electron chi connectivity index (χ3n) is 2.88. The van der Waals surface area contributed by atoms with Crippen LogP contribution in [0, 0.1) is 9.39 Å². The van der Waals surface area contributed by atoms with Crippen molar-refractivity contribution in [1.29, 1.82) is 0 Å². The van der Waals surface area contributed by atoms with Crippen molar-refractivity contribution < 1.29 is 8.91 Å². The van der Waals surface area contributed by atoms with Gasteiger partial charge in [0.05, 0.1) is 26.5 Å². The topological polar surface area (TPSA) is 56.7 Å². The van der Waals surface area contributed by atoms with Crippen molar-refractivity contribution in [3.8, 4) is 0 Å². The van der Waals surface area contributed by atoms with Crippen molar-refractivity contribution in [3.63, 3.8) is 0 Å². The van der Waals surface area contributed by atoms with E-state index in [1.807, 2.05) is 29.5 Å². The third-order valence-corrected chi connectivity index (χ3v) is 3.90. The van der Waals surface area contributed by atoms with Crippen LogP contribution in [-0.4, -0.2) is 19.7 Å². The Morgan fingerprint density at radius 2 is 2.30 bits per heavy atom. The molecule has 0 bridgehead atoms. The summed E-state index contributed by atoms with van der Waals surface area (Å²) in [4.78, 5) is 8.44. The van der Waals surface area contributed by atoms with Crippen molar-refractivity contribution in [2.45, 2.75) is 18.8 Å². The Kier molecular flexibility index (Phi) is 3.63. The van der Waals surface area contributed by atoms with Gasteiger partial charge in [0.15, 0.2) is 5.82 Å². The van der Waals surface area contributed by atoms with Gasteiger partial charge in [0.1, 0.15) is 11.6 Å². The van der Waals surface area contributed by atoms with Gasteiger partial charge in [-0.2, -0.15) is 4.98 Å². The Labute approximate surface area is 132 Å². The van der Waals surface area contributed by atoms with Gasteiger partial charge in [-0.3, -0.25) is 0 Å². The summed E-state index contributed by atoms with van der Waals surface area (Å²) in [6.45, 7) is 2.15. The molecule has 0 aliphatic carbocycles. The molecule has 20 heavy (non-hydrogen) atoms. The molecule has 2 aromatic heterocycles. The molecule has 1 atom stereocenters. The Morgan fingerprint density at radius 3 is 2.95 bits per heavy atom. The van der Waals surface area contributed by atoms with Crippen molar-refractivity contribution in [1.82, 2.24) is 19.7 Å². The number of imidazole rings is 1. The minimum atomic E-state index is -0.310. The van der Waals surface area contributed by atoms with Gasteiger partial charge in [-0.1, -0.05) is 5.16 Å². The molecule has 104 valence electrons. The van der Waals surface area contributed by atoms with Crippen LogP contribution in [0.5, 0.6) is 0 Å². The number of rotatable bonds is 3. The quantitative estimate of drug-likeness (QED) is 0.493. The van der Waals surface area contributed by atoms with E-state index in [-0.39, 0.29) is 11.2 Å². The molecule has 3 rings (SSSR count). The first-order valence-electron chi connectivity index (χ1n) is 5.80. The van der Waals surface area contributed by atoms with Crippen molar-refractivity contribution >= 4 is 45.2 Å². The predicted molar refractivity (Wildman–Crippen MR) is 80.1 cm³/mol. The van der Waals surface area contributed by atoms with Crippen molar-refractivity contribution in [2.75, 3.05) is 0 Å². The fraction of sp³-hybridized carbons (Fsp3) is 0.250. The van der Waals surface area contributed by atoms with Gasteiger partial charge in [-0.15, -0.1) is 11.6 Å². The monoisotopic (exact) mass is 406 g/mol. The average molecular weight is 407 g/mol. The first-order chi connectivity index (χ1) is 9.56. The highest BCUT2D eigenvalue weighted by molar-refractivity contribution is 14.1. The molecule has 3 aromatic rings. The molecule has 2 heterocycles. The summed E-state index contributed by atoms with van der Waals surface area (Å²) in [5.41, 5.74) is 1.36. The number of halogens is 3. The zero-order chi connectivity index (χ0) is 14.3. The fourth-order valence-electron chi connectivity index (χ4n) is 2.01. The first kappa shape index (κ1) is 13.7. The zero-order valence-corrected chi connectivity index (χ0v) is 13.3. The molecule has 0 saturated heterocycles. The van der Waals surface area contributed by atoms with Crippen LogP contribution in [0.4, 0.5) is 4.39 Å². The number of fused-ring (bicyclic) bond motifs is 1. The van der Waals surface area contributed by atoms with Gasteiger partial charge in [0.25, 0.3) is 0 Å². The van der Waals surface area contributed by atoms with E-state index in [9.17, 15) is 4.39 Å². The lowest BCUT2D eigenvalue weighted by atomic mass is 10.3. The van der Waals surface area contributed by atoms with Crippen LogP contribution in [0.15, 0.2) is 23.0 Å². The molecule has 8 heteroatoms. The van der Waals surface area contributed by atoms with Crippen LogP contribution in [-0.2, 0) is 6.54 Å². The van der Waals surface area contributed by atoms with E-state index in [1.54, 1.807) is 10.6 Å². The Hall–Kier alpha value is -1.22. The summed E-state index contributed by atoms with van der Waals surface area (Å²) in [6.07, 6.45) is 1.25. The lowest BCUT2D eigenvalue weighted by Crippen LogP contribution is -2.07. The standard InChI is InChI=1S/C12H9ClFIN4O/c1-6(13)12-17-9-3-8(15)7(14)2-10(9)19(12)4-11-16-5-20-18-11/h2-3,5-6H,4H2,1H3. The maximum absolute atomic E-state index is 13.8. The van der Waals surface area contributed by atoms with Gasteiger partial charge in [-0.25, -0.2) is 9.37 Å². The molecule has 0 aliphatic heterocycles. The lowest BCUT2D eigenvalue weighted by molar-refractivity contribution is 0.408. The highest BCUT2D eigenvalue weighted by atomic mass is 127. The molecule has 0 saturated carbocycles. The minimum Gasteiger partial charge on any atom is -0.343 e. The number of aromatic nitrogens is 4. The molecule has 0 fully saturated rings. The molecule has 1 aromatic carbocycles. The average Bonchev–Trinajstić information content (AvgIpc) is 3.00. The van der Waals surface area contributed by atoms with E-state index in [2.05, 4.69) is 15.1 Å². The van der Waals surface area contributed by atoms with Gasteiger partial charge >= 0.3 is 0 Å². The molecule has 1 unspecified atom stereocenters. The van der Waals surface area contributed by atoms with Gasteiger partial charge in [0.2, 0.25) is 6.39 Å². The number of hydrogen-bond acceptors (Lipinski definition) is 4. The van der Waals surface area contributed by atoms with Crippen molar-refractivity contribution in [2.24, 2.45) is 0 Å². The van der Waals surface area contributed by atoms with Crippen LogP contribution in [0.2, 0.25) is 0 Å². The third kappa shape index (κ3) is 2.39. The zero-order valence-electron chi connectivity index (χ0n) is 10.3. The maximum atomic E-state index is 13.8. The summed E-state index contributed by atoms with van der Waals surface area (Å²) < 4.78 is 20.8. The van der Waals surface area contributed by atoms with Gasteiger partial charge < -0.3 is 9.09 Å². The van der Waals surface area contributed by atoms with E-state index < -0.39 is 0 Å². The summed E-state index contributed by atoms with van der Waals surface area (Å²) >= 11 is 8.09. The van der Waals surface area contributed by atoms with Crippen LogP contribution >= 0.6 is 34.2 Å². The van der Waals surface area contributed by atoms with E-state index in [4.69, 9.17) is 16.1 Å². The largest absolute Gasteiger partial charge is 0.343 e. The van der Waals surface area contributed by atoms with E-state index >= 15 is 0 Å². The maximum Gasteiger partial charge on any atom is 0.213 e. The number of benzene rings is 1. The van der Waals surface area contributed by atoms with E-state index in [1.165, 1.54) is 12.5 Å². The fourth-order valence-corrected chi connectivity index (χ4v) is 2.63. The molecule has 0 radical (unpaired) electrons. The molecule has 5 nitrogen and oxygen atoms in total. The summed E-state index contributed by atoms with van der Waals surface area (Å²) in [5, 5.41) is 3.46. The SMILES string of the molecule is CC(Cl)c1nc2cc(I)c(F)cc2n1Cc1ncon1. The van der Waals surface area contributed by atoms with Crippen molar-refractivity contribution in [3.05, 3.63) is 39.6 Å². The number of nitrogens with zero attached hydrogens (tertiary/aromatic N) is 4. The number of hydrogen-bond donors (Lipinski definition) is 0. The second kappa shape index (κ2) is 5.28. The highest BCUT2D eigenvalue weighted by Crippen LogP contribution is 2.27. The minimum absolute atomic E-state index is 0.291. The number of alkyl halides is 1. The van der Waals surface area contributed by atoms with Crippen LogP contribution in [0.1, 0.15) is 23.9 Å². The predicted octanol–water partition coefficient (Wildman–Crippen LogP) is 3.51. The smallest absolute Gasteiger partial charge is 0.213 e. The normalized spacial score (nSPS) is 13.0. The summed E-state index contributed by atoms with van der Waals surface area (Å²) in [5.74, 6) is 0.843. The first-order valence-corrected chi connectivity index (χ1v) is 7.32. The molecule has 0 amide bonds. The van der Waals surface area contributed by atoms with Gasteiger partial charge in [0, 0.05) is 6.07 Å². The molecule has 0 N–H and O–H groups in total. The molecular formula is C12H9ClFIN4O. The van der Waals surface area contributed by atoms with E-state index in [0.717, 1.165) is 0 Å². The van der Waals surface area contributed by atoms with Gasteiger partial charge in [-0.05, 0) is 35.6 Å². The second-order valence-corrected chi connectivity index (χ2v) is 6.09. The molecule has 0 aliphatic rings. The Balaban J connectivity index is 2.20. The lowest BCUT2D eigenvalue weighted by Gasteiger charge is -2.08. The second-order valence-electron chi connectivity index (χ2n) is 4.27. The Bertz CT molecular complexity index is 756.